The van der Waals surface area contributed by atoms with Crippen molar-refractivity contribution in [2.24, 2.45) is 11.7 Å². The number of halogens is 1. The first-order valence-electron chi connectivity index (χ1n) is 14.3. The first-order valence-corrected chi connectivity index (χ1v) is 16.2. The molecule has 4 nitrogen and oxygen atoms in total. The van der Waals surface area contributed by atoms with Crippen LogP contribution in [0.3, 0.4) is 0 Å². The van der Waals surface area contributed by atoms with Crippen LogP contribution in [0.1, 0.15) is 143 Å². The topological polar surface area (TPSA) is 53.7 Å². The number of hydrogen-bond donors (Lipinski definition) is 1. The molecule has 1 unspecified atom stereocenters. The highest BCUT2D eigenvalue weighted by Crippen LogP contribution is 2.28. The highest BCUT2D eigenvalue weighted by Gasteiger charge is 2.37. The fourth-order valence-corrected chi connectivity index (χ4v) is 6.70. The van der Waals surface area contributed by atoms with Gasteiger partial charge in [-0.2, -0.15) is 0 Å². The summed E-state index contributed by atoms with van der Waals surface area (Å²) in [7, 11) is 2.62. The number of rotatable bonds is 25. The minimum Gasteiger partial charge on any atom is -0.377 e. The van der Waals surface area contributed by atoms with Crippen molar-refractivity contribution < 1.29 is 13.3 Å². The fraction of sp³-hybridized carbons (Fsp3) is 1.00. The Morgan fingerprint density at radius 3 is 1.24 bits per heavy atom. The molecule has 1 atom stereocenters. The molecule has 0 amide bonds. The molecule has 0 rings (SSSR count). The van der Waals surface area contributed by atoms with Crippen molar-refractivity contribution in [3.63, 3.8) is 0 Å². The predicted octanol–water partition coefficient (Wildman–Crippen LogP) is 9.07. The van der Waals surface area contributed by atoms with Gasteiger partial charge < -0.3 is 19.0 Å². The van der Waals surface area contributed by atoms with Gasteiger partial charge in [0.05, 0.1) is 0 Å². The van der Waals surface area contributed by atoms with E-state index in [4.69, 9.17) is 19.0 Å². The van der Waals surface area contributed by atoms with Gasteiger partial charge >= 0.3 is 8.80 Å². The molecule has 0 fully saturated rings. The molecule has 0 heterocycles. The average Bonchev–Trinajstić information content (AvgIpc) is 2.80. The molecule has 0 radical (unpaired) electrons. The predicted molar refractivity (Wildman–Crippen MR) is 154 cm³/mol. The van der Waals surface area contributed by atoms with Crippen LogP contribution in [-0.2, 0) is 13.3 Å². The van der Waals surface area contributed by atoms with Gasteiger partial charge in [0.2, 0.25) is 0 Å². The van der Waals surface area contributed by atoms with E-state index in [9.17, 15) is 0 Å². The lowest BCUT2D eigenvalue weighted by Crippen LogP contribution is -2.44. The number of unbranched alkanes of at least 4 members (excludes halogenated alkanes) is 15. The Morgan fingerprint density at radius 1 is 0.588 bits per heavy atom. The van der Waals surface area contributed by atoms with Gasteiger partial charge in [-0.3, -0.25) is 0 Å². The highest BCUT2D eigenvalue weighted by atomic mass is 35.5. The Hall–Kier alpha value is 0.347. The molecule has 0 aromatic heterocycles. The molecule has 0 aliphatic rings. The van der Waals surface area contributed by atoms with Gasteiger partial charge in [0.15, 0.2) is 0 Å². The summed E-state index contributed by atoms with van der Waals surface area (Å²) in [6, 6.07) is 0.863. The van der Waals surface area contributed by atoms with E-state index in [2.05, 4.69) is 20.8 Å². The lowest BCUT2D eigenvalue weighted by atomic mass is 9.81. The van der Waals surface area contributed by atoms with Crippen molar-refractivity contribution in [2.45, 2.75) is 154 Å². The maximum absolute atomic E-state index is 6.51. The summed E-state index contributed by atoms with van der Waals surface area (Å²) >= 11 is 0. The third-order valence-corrected chi connectivity index (χ3v) is 10.3. The van der Waals surface area contributed by atoms with Gasteiger partial charge in [0.1, 0.15) is 0 Å². The van der Waals surface area contributed by atoms with Crippen LogP contribution < -0.4 is 5.73 Å². The molecular weight excluding hydrogens is 462 g/mol. The van der Waals surface area contributed by atoms with Crippen LogP contribution in [0, 0.1) is 5.92 Å². The lowest BCUT2D eigenvalue weighted by Gasteiger charge is -2.32. The second-order valence-corrected chi connectivity index (χ2v) is 13.9. The molecule has 0 saturated carbocycles. The third-order valence-electron chi connectivity index (χ3n) is 7.43. The van der Waals surface area contributed by atoms with Gasteiger partial charge in [-0.15, -0.1) is 12.4 Å². The van der Waals surface area contributed by atoms with E-state index in [1.165, 1.54) is 109 Å². The largest absolute Gasteiger partial charge is 0.500 e. The van der Waals surface area contributed by atoms with Crippen LogP contribution in [0.2, 0.25) is 6.04 Å². The zero-order valence-electron chi connectivity index (χ0n) is 23.9. The summed E-state index contributed by atoms with van der Waals surface area (Å²) in [6.07, 6.45) is 26.0. The minimum atomic E-state index is -2.46. The Labute approximate surface area is 221 Å². The molecule has 208 valence electrons. The zero-order chi connectivity index (χ0) is 24.8. The Morgan fingerprint density at radius 2 is 0.912 bits per heavy atom. The summed E-state index contributed by atoms with van der Waals surface area (Å²) < 4.78 is 16.7. The maximum Gasteiger partial charge on any atom is 0.500 e. The second-order valence-electron chi connectivity index (χ2n) is 10.8. The molecule has 0 aromatic rings. The second kappa shape index (κ2) is 23.7. The van der Waals surface area contributed by atoms with E-state index in [0.29, 0.717) is 5.92 Å². The van der Waals surface area contributed by atoms with E-state index >= 15 is 0 Å². The molecular formula is C28H62ClNO3Si. The first-order chi connectivity index (χ1) is 15.8. The van der Waals surface area contributed by atoms with Crippen molar-refractivity contribution in [3.8, 4) is 0 Å². The standard InChI is InChI=1S/C28H61NO3Si.ClH/c1-7-8-9-10-11-12-13-14-15-16-17-18-19-20-21-22-24-27(28(2,3)29)25-23-26-33(30-4,31-5)32-6;/h27H,7-26,29H2,1-6H3;1H. The summed E-state index contributed by atoms with van der Waals surface area (Å²) in [4.78, 5) is 0. The molecule has 6 heteroatoms. The molecule has 34 heavy (non-hydrogen) atoms. The van der Waals surface area contributed by atoms with Crippen LogP contribution in [-0.4, -0.2) is 35.7 Å². The maximum atomic E-state index is 6.51. The van der Waals surface area contributed by atoms with Crippen LogP contribution >= 0.6 is 12.4 Å². The van der Waals surface area contributed by atoms with Gasteiger partial charge in [-0.25, -0.2) is 0 Å². The van der Waals surface area contributed by atoms with Crippen molar-refractivity contribution in [2.75, 3.05) is 21.3 Å². The first kappa shape index (κ1) is 36.5. The number of nitrogens with two attached hydrogens (primary N) is 1. The molecule has 0 saturated heterocycles. The normalized spacial score (nSPS) is 13.1. The Kier molecular flexibility index (Phi) is 25.5. The van der Waals surface area contributed by atoms with E-state index in [-0.39, 0.29) is 17.9 Å². The van der Waals surface area contributed by atoms with Crippen molar-refractivity contribution in [1.82, 2.24) is 0 Å². The summed E-state index contributed by atoms with van der Waals surface area (Å²) in [5.74, 6) is 0.543. The molecule has 0 bridgehead atoms. The molecule has 2 N–H and O–H groups in total. The highest BCUT2D eigenvalue weighted by molar-refractivity contribution is 6.60. The van der Waals surface area contributed by atoms with Crippen molar-refractivity contribution >= 4 is 21.2 Å². The summed E-state index contributed by atoms with van der Waals surface area (Å²) in [6.45, 7) is 6.65. The van der Waals surface area contributed by atoms with E-state index < -0.39 is 8.80 Å². The minimum absolute atomic E-state index is 0. The lowest BCUT2D eigenvalue weighted by molar-refractivity contribution is 0.121. The quantitative estimate of drug-likeness (QED) is 0.0956. The van der Waals surface area contributed by atoms with E-state index in [0.717, 1.165) is 18.9 Å². The van der Waals surface area contributed by atoms with Crippen molar-refractivity contribution in [1.29, 1.82) is 0 Å². The van der Waals surface area contributed by atoms with Crippen molar-refractivity contribution in [3.05, 3.63) is 0 Å². The van der Waals surface area contributed by atoms with Gasteiger partial charge in [0, 0.05) is 32.9 Å². The summed E-state index contributed by atoms with van der Waals surface area (Å²) in [5, 5.41) is 0. The molecule has 0 aliphatic carbocycles. The van der Waals surface area contributed by atoms with Crippen LogP contribution in [0.25, 0.3) is 0 Å². The Bertz CT molecular complexity index is 409. The monoisotopic (exact) mass is 523 g/mol. The molecule has 0 spiro atoms. The third kappa shape index (κ3) is 19.5. The van der Waals surface area contributed by atoms with Gasteiger partial charge in [0.25, 0.3) is 0 Å². The fourth-order valence-electron chi connectivity index (χ4n) is 4.95. The average molecular weight is 524 g/mol. The molecule has 0 aliphatic heterocycles. The van der Waals surface area contributed by atoms with E-state index in [1.54, 1.807) is 21.3 Å². The van der Waals surface area contributed by atoms with E-state index in [1.807, 2.05) is 0 Å². The van der Waals surface area contributed by atoms with Gasteiger partial charge in [-0.05, 0) is 39.0 Å². The number of hydrogen-bond acceptors (Lipinski definition) is 4. The molecule has 0 aromatic carbocycles. The van der Waals surface area contributed by atoms with Gasteiger partial charge in [-0.1, -0.05) is 110 Å². The van der Waals surface area contributed by atoms with Crippen LogP contribution in [0.4, 0.5) is 0 Å². The van der Waals surface area contributed by atoms with Crippen LogP contribution in [0.15, 0.2) is 0 Å². The summed E-state index contributed by atoms with van der Waals surface area (Å²) in [5.41, 5.74) is 6.38. The zero-order valence-corrected chi connectivity index (χ0v) is 25.7. The Balaban J connectivity index is 0. The van der Waals surface area contributed by atoms with Crippen LogP contribution in [0.5, 0.6) is 0 Å². The smallest absolute Gasteiger partial charge is 0.377 e. The SMILES string of the molecule is CCCCCCCCCCCCCCCCCCC(CCC[Si](OC)(OC)OC)C(C)(C)N.Cl.